The van der Waals surface area contributed by atoms with Crippen LogP contribution in [0.1, 0.15) is 65.7 Å². The van der Waals surface area contributed by atoms with Crippen molar-refractivity contribution >= 4 is 33.2 Å². The molecule has 4 heteroatoms. The highest BCUT2D eigenvalue weighted by Gasteiger charge is 2.20. The van der Waals surface area contributed by atoms with E-state index in [9.17, 15) is 0 Å². The zero-order valence-electron chi connectivity index (χ0n) is 35.4. The third kappa shape index (κ3) is 7.88. The molecule has 0 aliphatic heterocycles. The molecule has 8 aromatic rings. The van der Waals surface area contributed by atoms with Crippen LogP contribution in [0.25, 0.3) is 78.2 Å². The molecular formula is C58H48N4. The van der Waals surface area contributed by atoms with Crippen LogP contribution in [0.3, 0.4) is 0 Å². The van der Waals surface area contributed by atoms with Crippen molar-refractivity contribution in [1.29, 1.82) is 0 Å². The number of hydrogen-bond acceptors (Lipinski definition) is 4. The van der Waals surface area contributed by atoms with Gasteiger partial charge in [0.2, 0.25) is 0 Å². The zero-order valence-corrected chi connectivity index (χ0v) is 35.4. The van der Waals surface area contributed by atoms with Gasteiger partial charge >= 0.3 is 0 Å². The highest BCUT2D eigenvalue weighted by molar-refractivity contribution is 5.97. The Balaban J connectivity index is 1.12. The predicted molar refractivity (Wildman–Crippen MR) is 260 cm³/mol. The molecule has 300 valence electrons. The second-order valence-corrected chi connectivity index (χ2v) is 16.7. The summed E-state index contributed by atoms with van der Waals surface area (Å²) in [6, 6.07) is 43.5. The van der Waals surface area contributed by atoms with Crippen LogP contribution >= 0.6 is 0 Å². The van der Waals surface area contributed by atoms with Gasteiger partial charge < -0.3 is 0 Å². The fourth-order valence-corrected chi connectivity index (χ4v) is 9.10. The van der Waals surface area contributed by atoms with Gasteiger partial charge in [-0.05, 0) is 137 Å². The van der Waals surface area contributed by atoms with Gasteiger partial charge in [0.1, 0.15) is 5.82 Å². The van der Waals surface area contributed by atoms with E-state index in [0.717, 1.165) is 75.0 Å². The first kappa shape index (κ1) is 38.9. The summed E-state index contributed by atoms with van der Waals surface area (Å²) in [6.07, 6.45) is 24.7. The number of fused-ring (bicyclic) bond motifs is 4. The second kappa shape index (κ2) is 17.0. The standard InChI is InChI=1S/C58H48N4/c1-4-40(15-11-17-45-32-44-13-5-7-19-51(44)54-22-10-9-20-52(45)54)48-33-49(43-16-12-18-46(31-43)55-37-59-36-47-14-6-8-21-53(47)55)35-50(34-48)58-61-56(41-27-23-38(2)24-28-41)60-57(62-58)42-29-25-39(3)26-30-42/h4-8,11-19,21,23-29,31-37,42H,1,9-10,20,22,30H2,2-3H3/b17-11+,40-15+. The van der Waals surface area contributed by atoms with Crippen molar-refractivity contribution in [1.82, 2.24) is 19.9 Å². The maximum absolute atomic E-state index is 5.25. The molecule has 0 saturated carbocycles. The summed E-state index contributed by atoms with van der Waals surface area (Å²) in [5, 5.41) is 4.99. The number of benzene rings is 6. The Kier molecular flexibility index (Phi) is 10.7. The van der Waals surface area contributed by atoms with Crippen LogP contribution in [-0.2, 0) is 12.8 Å². The predicted octanol–water partition coefficient (Wildman–Crippen LogP) is 14.7. The molecule has 62 heavy (non-hydrogen) atoms. The van der Waals surface area contributed by atoms with Gasteiger partial charge in [0, 0.05) is 40.4 Å². The number of aromatic nitrogens is 4. The van der Waals surface area contributed by atoms with Crippen LogP contribution in [0, 0.1) is 6.92 Å². The average Bonchev–Trinajstić information content (AvgIpc) is 3.33. The van der Waals surface area contributed by atoms with E-state index in [-0.39, 0.29) is 5.92 Å². The highest BCUT2D eigenvalue weighted by atomic mass is 15.0. The maximum atomic E-state index is 5.25. The molecule has 1 atom stereocenters. The molecule has 2 aliphatic carbocycles. The monoisotopic (exact) mass is 800 g/mol. The molecule has 10 rings (SSSR count). The van der Waals surface area contributed by atoms with E-state index in [2.05, 4.69) is 183 Å². The average molecular weight is 801 g/mol. The Morgan fingerprint density at radius 1 is 0.645 bits per heavy atom. The van der Waals surface area contributed by atoms with Crippen LogP contribution in [0.4, 0.5) is 0 Å². The van der Waals surface area contributed by atoms with Gasteiger partial charge in [-0.15, -0.1) is 0 Å². The molecule has 0 radical (unpaired) electrons. The normalized spacial score (nSPS) is 15.2. The summed E-state index contributed by atoms with van der Waals surface area (Å²) < 4.78 is 0. The van der Waals surface area contributed by atoms with E-state index in [1.807, 2.05) is 18.5 Å². The summed E-state index contributed by atoms with van der Waals surface area (Å²) in [7, 11) is 0. The lowest BCUT2D eigenvalue weighted by atomic mass is 9.84. The van der Waals surface area contributed by atoms with Gasteiger partial charge in [-0.2, -0.15) is 0 Å². The van der Waals surface area contributed by atoms with E-state index in [1.165, 1.54) is 56.8 Å². The van der Waals surface area contributed by atoms with Gasteiger partial charge in [0.15, 0.2) is 11.6 Å². The largest absolute Gasteiger partial charge is 0.263 e. The Labute approximate surface area is 364 Å². The Hall–Kier alpha value is -7.30. The van der Waals surface area contributed by atoms with Crippen molar-refractivity contribution in [3.8, 4) is 45.0 Å². The van der Waals surface area contributed by atoms with E-state index < -0.39 is 0 Å². The third-order valence-electron chi connectivity index (χ3n) is 12.5. The van der Waals surface area contributed by atoms with Crippen molar-refractivity contribution in [2.45, 2.75) is 51.9 Å². The minimum Gasteiger partial charge on any atom is -0.263 e. The topological polar surface area (TPSA) is 51.6 Å². The lowest BCUT2D eigenvalue weighted by molar-refractivity contribution is 0.689. The smallest absolute Gasteiger partial charge is 0.163 e. The van der Waals surface area contributed by atoms with E-state index in [4.69, 9.17) is 15.0 Å². The summed E-state index contributed by atoms with van der Waals surface area (Å²) in [5.41, 5.74) is 15.0. The number of allylic oxidation sites excluding steroid dienone is 8. The number of hydrogen-bond donors (Lipinski definition) is 0. The molecule has 1 unspecified atom stereocenters. The van der Waals surface area contributed by atoms with Crippen molar-refractivity contribution in [3.05, 3.63) is 216 Å². The van der Waals surface area contributed by atoms with Crippen molar-refractivity contribution < 1.29 is 0 Å². The summed E-state index contributed by atoms with van der Waals surface area (Å²) in [4.78, 5) is 20.2. The number of rotatable bonds is 9. The summed E-state index contributed by atoms with van der Waals surface area (Å²) >= 11 is 0. The van der Waals surface area contributed by atoms with Gasteiger partial charge in [-0.1, -0.05) is 151 Å². The molecule has 6 aromatic carbocycles. The number of aryl methyl sites for hydroxylation is 2. The van der Waals surface area contributed by atoms with Crippen LogP contribution in [-0.4, -0.2) is 19.9 Å². The molecule has 2 aromatic heterocycles. The molecule has 0 bridgehead atoms. The SMILES string of the molecule is C=C/C(=C\C=C\c1cc2ccccc2c2c1CCCC2)c1cc(-c2cccc(-c3cncc4ccccc34)c2)cc(-c2nc(-c3ccc(C)cc3)nc(C3C=CC(C)=CC3)n2)c1. The van der Waals surface area contributed by atoms with Crippen LogP contribution < -0.4 is 0 Å². The summed E-state index contributed by atoms with van der Waals surface area (Å²) in [5.74, 6) is 2.13. The third-order valence-corrected chi connectivity index (χ3v) is 12.5. The Morgan fingerprint density at radius 3 is 2.18 bits per heavy atom. The first-order valence-electron chi connectivity index (χ1n) is 21.8. The molecule has 2 aliphatic rings. The quantitative estimate of drug-likeness (QED) is 0.136. The minimum atomic E-state index is 0.0490. The van der Waals surface area contributed by atoms with Crippen molar-refractivity contribution in [2.75, 3.05) is 0 Å². The minimum absolute atomic E-state index is 0.0490. The second-order valence-electron chi connectivity index (χ2n) is 16.7. The fourth-order valence-electron chi connectivity index (χ4n) is 9.10. The first-order chi connectivity index (χ1) is 30.5. The van der Waals surface area contributed by atoms with Crippen LogP contribution in [0.2, 0.25) is 0 Å². The number of nitrogens with zero attached hydrogens (tertiary/aromatic N) is 4. The van der Waals surface area contributed by atoms with E-state index in [0.29, 0.717) is 11.6 Å². The first-order valence-corrected chi connectivity index (χ1v) is 21.8. The Bertz CT molecular complexity index is 3140. The molecule has 2 heterocycles. The van der Waals surface area contributed by atoms with Crippen molar-refractivity contribution in [3.63, 3.8) is 0 Å². The fraction of sp³-hybridized carbons (Fsp3) is 0.138. The van der Waals surface area contributed by atoms with Gasteiger partial charge in [-0.3, -0.25) is 4.98 Å². The van der Waals surface area contributed by atoms with Crippen molar-refractivity contribution in [2.24, 2.45) is 0 Å². The van der Waals surface area contributed by atoms with E-state index >= 15 is 0 Å². The van der Waals surface area contributed by atoms with Gasteiger partial charge in [0.05, 0.1) is 0 Å². The Morgan fingerprint density at radius 2 is 1.37 bits per heavy atom. The molecule has 0 N–H and O–H groups in total. The maximum Gasteiger partial charge on any atom is 0.163 e. The molecule has 0 fully saturated rings. The number of pyridine rings is 1. The molecule has 4 nitrogen and oxygen atoms in total. The van der Waals surface area contributed by atoms with E-state index in [1.54, 1.807) is 0 Å². The molecule has 0 amide bonds. The van der Waals surface area contributed by atoms with Crippen LogP contribution in [0.15, 0.2) is 182 Å². The van der Waals surface area contributed by atoms with Gasteiger partial charge in [0.25, 0.3) is 0 Å². The molecule has 0 saturated heterocycles. The molecular weight excluding hydrogens is 753 g/mol. The lowest BCUT2D eigenvalue weighted by Gasteiger charge is -2.20. The summed E-state index contributed by atoms with van der Waals surface area (Å²) in [6.45, 7) is 8.58. The molecule has 0 spiro atoms. The zero-order chi connectivity index (χ0) is 42.0. The highest BCUT2D eigenvalue weighted by Crippen LogP contribution is 2.37. The lowest BCUT2D eigenvalue weighted by Crippen LogP contribution is -2.08. The van der Waals surface area contributed by atoms with Gasteiger partial charge in [-0.25, -0.2) is 15.0 Å². The van der Waals surface area contributed by atoms with Crippen LogP contribution in [0.5, 0.6) is 0 Å².